The van der Waals surface area contributed by atoms with Gasteiger partial charge in [0.2, 0.25) is 0 Å². The quantitative estimate of drug-likeness (QED) is 0.481. The van der Waals surface area contributed by atoms with Crippen molar-refractivity contribution in [3.63, 3.8) is 0 Å². The number of benzene rings is 3. The molecule has 0 fully saturated rings. The fourth-order valence-corrected chi connectivity index (χ4v) is 3.77. The van der Waals surface area contributed by atoms with Crippen LogP contribution in [0.2, 0.25) is 0 Å². The van der Waals surface area contributed by atoms with Crippen molar-refractivity contribution in [2.75, 3.05) is 0 Å². The van der Waals surface area contributed by atoms with Gasteiger partial charge in [-0.3, -0.25) is 0 Å². The molecule has 0 saturated carbocycles. The molecule has 0 bridgehead atoms. The summed E-state index contributed by atoms with van der Waals surface area (Å²) in [5.74, 6) is 0.700. The van der Waals surface area contributed by atoms with Gasteiger partial charge in [0.1, 0.15) is 0 Å². The van der Waals surface area contributed by atoms with Gasteiger partial charge < -0.3 is 0 Å². The molecule has 0 aromatic heterocycles. The molecule has 0 amide bonds. The standard InChI is InChI=1S/C21H20/c1-2-6-15-8-5-10-19-18(15)13-14-20-17-9-4-3-7-16(17)11-12-21(19)20/h3-5,7,9-15H,2,6,8H2,1H3. The first-order chi connectivity index (χ1) is 10.4. The first kappa shape index (κ1) is 12.6. The zero-order valence-electron chi connectivity index (χ0n) is 12.5. The molecule has 3 aromatic carbocycles. The predicted octanol–water partition coefficient (Wildman–Crippen LogP) is 6.29. The van der Waals surface area contributed by atoms with E-state index in [1.165, 1.54) is 46.4 Å². The van der Waals surface area contributed by atoms with Crippen molar-refractivity contribution in [3.05, 3.63) is 65.7 Å². The number of allylic oxidation sites excluding steroid dienone is 1. The van der Waals surface area contributed by atoms with Crippen LogP contribution in [0, 0.1) is 0 Å². The highest BCUT2D eigenvalue weighted by atomic mass is 14.2. The van der Waals surface area contributed by atoms with Gasteiger partial charge in [-0.05, 0) is 51.4 Å². The van der Waals surface area contributed by atoms with Gasteiger partial charge in [0, 0.05) is 0 Å². The average Bonchev–Trinajstić information content (AvgIpc) is 2.55. The van der Waals surface area contributed by atoms with E-state index < -0.39 is 0 Å². The molecule has 0 heterocycles. The van der Waals surface area contributed by atoms with Crippen molar-refractivity contribution >= 4 is 27.6 Å². The van der Waals surface area contributed by atoms with Crippen molar-refractivity contribution in [2.24, 2.45) is 0 Å². The molecule has 0 aliphatic heterocycles. The minimum atomic E-state index is 0.700. The van der Waals surface area contributed by atoms with Gasteiger partial charge in [-0.2, -0.15) is 0 Å². The maximum absolute atomic E-state index is 2.37. The van der Waals surface area contributed by atoms with Gasteiger partial charge in [-0.25, -0.2) is 0 Å². The van der Waals surface area contributed by atoms with Crippen LogP contribution in [0.5, 0.6) is 0 Å². The molecular weight excluding hydrogens is 252 g/mol. The van der Waals surface area contributed by atoms with Crippen LogP contribution in [0.15, 0.2) is 54.6 Å². The maximum atomic E-state index is 2.37. The molecular formula is C21H20. The van der Waals surface area contributed by atoms with Gasteiger partial charge in [0.15, 0.2) is 0 Å². The van der Waals surface area contributed by atoms with Crippen LogP contribution in [-0.2, 0) is 0 Å². The van der Waals surface area contributed by atoms with E-state index in [4.69, 9.17) is 0 Å². The van der Waals surface area contributed by atoms with Crippen LogP contribution < -0.4 is 0 Å². The first-order valence-corrected chi connectivity index (χ1v) is 7.99. The molecule has 3 aromatic rings. The zero-order valence-corrected chi connectivity index (χ0v) is 12.5. The van der Waals surface area contributed by atoms with E-state index in [1.54, 1.807) is 5.56 Å². The fraction of sp³-hybridized carbons (Fsp3) is 0.238. The lowest BCUT2D eigenvalue weighted by molar-refractivity contribution is 0.617. The van der Waals surface area contributed by atoms with Crippen LogP contribution >= 0.6 is 0 Å². The fourth-order valence-electron chi connectivity index (χ4n) is 3.77. The maximum Gasteiger partial charge on any atom is -0.00992 e. The third kappa shape index (κ3) is 1.98. The van der Waals surface area contributed by atoms with Crippen LogP contribution in [0.4, 0.5) is 0 Å². The highest BCUT2D eigenvalue weighted by Gasteiger charge is 2.18. The molecule has 0 spiro atoms. The third-order valence-electron chi connectivity index (χ3n) is 4.78. The van der Waals surface area contributed by atoms with Crippen molar-refractivity contribution in [2.45, 2.75) is 32.1 Å². The SMILES string of the molecule is CCCC1CC=Cc2c1ccc1c2ccc2ccccc21. The first-order valence-electron chi connectivity index (χ1n) is 7.99. The second-order valence-electron chi connectivity index (χ2n) is 6.07. The van der Waals surface area contributed by atoms with Crippen molar-refractivity contribution in [1.29, 1.82) is 0 Å². The number of hydrogen-bond donors (Lipinski definition) is 0. The van der Waals surface area contributed by atoms with Gasteiger partial charge in [-0.1, -0.05) is 74.0 Å². The Hall–Kier alpha value is -2.08. The summed E-state index contributed by atoms with van der Waals surface area (Å²) in [6.07, 6.45) is 8.43. The Morgan fingerprint density at radius 1 is 0.905 bits per heavy atom. The zero-order chi connectivity index (χ0) is 14.2. The van der Waals surface area contributed by atoms with E-state index in [9.17, 15) is 0 Å². The molecule has 1 unspecified atom stereocenters. The second-order valence-corrected chi connectivity index (χ2v) is 6.07. The summed E-state index contributed by atoms with van der Waals surface area (Å²) in [4.78, 5) is 0. The highest BCUT2D eigenvalue weighted by molar-refractivity contribution is 6.10. The van der Waals surface area contributed by atoms with E-state index in [0.717, 1.165) is 0 Å². The molecule has 1 atom stereocenters. The normalized spacial score (nSPS) is 17.3. The summed E-state index contributed by atoms with van der Waals surface area (Å²) >= 11 is 0. The molecule has 104 valence electrons. The summed E-state index contributed by atoms with van der Waals surface area (Å²) < 4.78 is 0. The molecule has 1 aliphatic rings. The topological polar surface area (TPSA) is 0 Å². The summed E-state index contributed by atoms with van der Waals surface area (Å²) in [5, 5.41) is 5.48. The van der Waals surface area contributed by atoms with Crippen molar-refractivity contribution in [1.82, 2.24) is 0 Å². The molecule has 21 heavy (non-hydrogen) atoms. The van der Waals surface area contributed by atoms with Crippen LogP contribution in [0.3, 0.4) is 0 Å². The number of rotatable bonds is 2. The van der Waals surface area contributed by atoms with Gasteiger partial charge in [-0.15, -0.1) is 0 Å². The van der Waals surface area contributed by atoms with Crippen LogP contribution in [-0.4, -0.2) is 0 Å². The Kier molecular flexibility index (Phi) is 3.03. The van der Waals surface area contributed by atoms with Crippen molar-refractivity contribution < 1.29 is 0 Å². The second kappa shape index (κ2) is 5.04. The van der Waals surface area contributed by atoms with E-state index in [-0.39, 0.29) is 0 Å². The van der Waals surface area contributed by atoms with Gasteiger partial charge in [0.25, 0.3) is 0 Å². The molecule has 0 radical (unpaired) electrons. The largest absolute Gasteiger partial charge is 0.0833 e. The Morgan fingerprint density at radius 2 is 1.76 bits per heavy atom. The molecule has 4 rings (SSSR count). The molecule has 0 nitrogen and oxygen atoms in total. The van der Waals surface area contributed by atoms with E-state index in [1.807, 2.05) is 0 Å². The number of hydrogen-bond acceptors (Lipinski definition) is 0. The lowest BCUT2D eigenvalue weighted by Crippen LogP contribution is -2.04. The Labute approximate surface area is 126 Å². The lowest BCUT2D eigenvalue weighted by atomic mass is 9.81. The van der Waals surface area contributed by atoms with Crippen LogP contribution in [0.25, 0.3) is 27.6 Å². The molecule has 0 N–H and O–H groups in total. The Bertz CT molecular complexity index is 839. The summed E-state index contributed by atoms with van der Waals surface area (Å²) in [6, 6.07) is 17.9. The third-order valence-corrected chi connectivity index (χ3v) is 4.78. The molecule has 0 saturated heterocycles. The van der Waals surface area contributed by atoms with Crippen molar-refractivity contribution in [3.8, 4) is 0 Å². The lowest BCUT2D eigenvalue weighted by Gasteiger charge is -2.23. The Morgan fingerprint density at radius 3 is 2.67 bits per heavy atom. The predicted molar refractivity (Wildman–Crippen MR) is 92.8 cm³/mol. The highest BCUT2D eigenvalue weighted by Crippen LogP contribution is 2.38. The average molecular weight is 272 g/mol. The summed E-state index contributed by atoms with van der Waals surface area (Å²) in [5.41, 5.74) is 2.99. The van der Waals surface area contributed by atoms with Gasteiger partial charge >= 0.3 is 0 Å². The Balaban J connectivity index is 2.02. The smallest absolute Gasteiger partial charge is 0.00992 e. The summed E-state index contributed by atoms with van der Waals surface area (Å²) in [6.45, 7) is 2.28. The minimum absolute atomic E-state index is 0.700. The van der Waals surface area contributed by atoms with Gasteiger partial charge in [0.05, 0.1) is 0 Å². The monoisotopic (exact) mass is 272 g/mol. The molecule has 1 aliphatic carbocycles. The van der Waals surface area contributed by atoms with E-state index >= 15 is 0 Å². The molecule has 0 heteroatoms. The number of fused-ring (bicyclic) bond motifs is 5. The minimum Gasteiger partial charge on any atom is -0.0833 e. The van der Waals surface area contributed by atoms with Crippen LogP contribution in [0.1, 0.15) is 43.2 Å². The van der Waals surface area contributed by atoms with E-state index in [0.29, 0.717) is 5.92 Å². The summed E-state index contributed by atoms with van der Waals surface area (Å²) in [7, 11) is 0. The van der Waals surface area contributed by atoms with E-state index in [2.05, 4.69) is 67.6 Å².